The van der Waals surface area contributed by atoms with Crippen LogP contribution in [0.5, 0.6) is 0 Å². The molecule has 0 aliphatic carbocycles. The van der Waals surface area contributed by atoms with Crippen LogP contribution in [0.15, 0.2) is 34.5 Å². The first-order valence-corrected chi connectivity index (χ1v) is 10.4. The molecule has 1 atom stereocenters. The first kappa shape index (κ1) is 18.4. The Morgan fingerprint density at radius 3 is 2.48 bits per heavy atom. The van der Waals surface area contributed by atoms with Gasteiger partial charge in [-0.05, 0) is 30.9 Å². The number of aliphatic carboxylic acids is 1. The molecule has 0 bridgehead atoms. The molecule has 0 spiro atoms. The summed E-state index contributed by atoms with van der Waals surface area (Å²) in [4.78, 5) is 21.9. The minimum absolute atomic E-state index is 0.570. The van der Waals surface area contributed by atoms with Crippen molar-refractivity contribution < 1.29 is 9.90 Å². The highest BCUT2D eigenvalue weighted by Crippen LogP contribution is 2.25. The number of carbonyl (C=O) groups is 1. The van der Waals surface area contributed by atoms with E-state index >= 15 is 0 Å². The van der Waals surface area contributed by atoms with Gasteiger partial charge in [0.15, 0.2) is 0 Å². The maximum Gasteiger partial charge on any atom is 0.325 e. The second kappa shape index (κ2) is 8.31. The quantitative estimate of drug-likeness (QED) is 0.781. The summed E-state index contributed by atoms with van der Waals surface area (Å²) in [6.07, 6.45) is 2.02. The van der Waals surface area contributed by atoms with Crippen LogP contribution in [0, 0.1) is 6.92 Å². The van der Waals surface area contributed by atoms with Gasteiger partial charge < -0.3 is 5.11 Å². The van der Waals surface area contributed by atoms with E-state index in [-0.39, 0.29) is 0 Å². The molecule has 0 amide bonds. The number of carboxylic acid groups (broad SMARTS) is 1. The van der Waals surface area contributed by atoms with Crippen molar-refractivity contribution in [2.24, 2.45) is 0 Å². The van der Waals surface area contributed by atoms with Gasteiger partial charge in [-0.25, -0.2) is 4.98 Å². The zero-order valence-corrected chi connectivity index (χ0v) is 16.1. The number of carboxylic acids is 1. The first-order chi connectivity index (χ1) is 12.1. The van der Waals surface area contributed by atoms with Gasteiger partial charge in [-0.3, -0.25) is 14.6 Å². The minimum Gasteiger partial charge on any atom is -0.480 e. The molecule has 134 valence electrons. The van der Waals surface area contributed by atoms with Crippen molar-refractivity contribution in [3.05, 3.63) is 45.9 Å². The molecule has 1 unspecified atom stereocenters. The van der Waals surface area contributed by atoms with Crippen LogP contribution in [0.2, 0.25) is 0 Å². The van der Waals surface area contributed by atoms with Gasteiger partial charge in [0.2, 0.25) is 0 Å². The second-order valence-electron chi connectivity index (χ2n) is 6.18. The first-order valence-electron chi connectivity index (χ1n) is 8.31. The predicted octanol–water partition coefficient (Wildman–Crippen LogP) is 3.12. The molecule has 2 heterocycles. The standard InChI is InChI=1S/C18H23N3O2S2/c1-13-19-15(12-25-13)11-20-7-9-21(10-8-20)17(18(22)23)14-3-5-16(24-2)6-4-14/h3-6,12,17H,7-11H2,1-2H3,(H,22,23). The monoisotopic (exact) mass is 377 g/mol. The molecule has 0 saturated carbocycles. The van der Waals surface area contributed by atoms with Gasteiger partial charge in [-0.2, -0.15) is 0 Å². The van der Waals surface area contributed by atoms with Gasteiger partial charge in [-0.1, -0.05) is 12.1 Å². The van der Waals surface area contributed by atoms with Gasteiger partial charge in [0.25, 0.3) is 0 Å². The number of piperazine rings is 1. The van der Waals surface area contributed by atoms with E-state index in [0.717, 1.165) is 53.9 Å². The number of nitrogens with zero attached hydrogens (tertiary/aromatic N) is 3. The molecule has 25 heavy (non-hydrogen) atoms. The molecule has 1 N–H and O–H groups in total. The third kappa shape index (κ3) is 4.61. The van der Waals surface area contributed by atoms with Crippen LogP contribution in [0.3, 0.4) is 0 Å². The van der Waals surface area contributed by atoms with E-state index in [1.807, 2.05) is 37.4 Å². The number of hydrogen-bond donors (Lipinski definition) is 1. The average Bonchev–Trinajstić information content (AvgIpc) is 3.02. The van der Waals surface area contributed by atoms with E-state index in [1.54, 1.807) is 23.1 Å². The van der Waals surface area contributed by atoms with Crippen molar-refractivity contribution in [3.8, 4) is 0 Å². The van der Waals surface area contributed by atoms with Crippen molar-refractivity contribution in [1.29, 1.82) is 0 Å². The Balaban J connectivity index is 1.63. The predicted molar refractivity (Wildman–Crippen MR) is 102 cm³/mol. The highest BCUT2D eigenvalue weighted by molar-refractivity contribution is 7.98. The zero-order valence-electron chi connectivity index (χ0n) is 14.5. The van der Waals surface area contributed by atoms with Gasteiger partial charge in [0.05, 0.1) is 10.7 Å². The Hall–Kier alpha value is -1.41. The molecule has 1 aromatic heterocycles. The Labute approximate surface area is 156 Å². The number of thiazole rings is 1. The normalized spacial score (nSPS) is 17.5. The molecule has 1 aromatic carbocycles. The second-order valence-corrected chi connectivity index (χ2v) is 8.13. The zero-order chi connectivity index (χ0) is 17.8. The Kier molecular flexibility index (Phi) is 6.11. The molecule has 1 saturated heterocycles. The van der Waals surface area contributed by atoms with Gasteiger partial charge in [-0.15, -0.1) is 23.1 Å². The Bertz CT molecular complexity index is 709. The van der Waals surface area contributed by atoms with Crippen molar-refractivity contribution in [3.63, 3.8) is 0 Å². The smallest absolute Gasteiger partial charge is 0.325 e. The van der Waals surface area contributed by atoms with E-state index in [9.17, 15) is 9.90 Å². The van der Waals surface area contributed by atoms with Crippen LogP contribution in [0.1, 0.15) is 22.3 Å². The van der Waals surface area contributed by atoms with Crippen LogP contribution < -0.4 is 0 Å². The topological polar surface area (TPSA) is 56.7 Å². The number of aromatic nitrogens is 1. The lowest BCUT2D eigenvalue weighted by molar-refractivity contribution is -0.144. The summed E-state index contributed by atoms with van der Waals surface area (Å²) in [6, 6.07) is 7.30. The fourth-order valence-electron chi connectivity index (χ4n) is 3.19. The summed E-state index contributed by atoms with van der Waals surface area (Å²) in [5.41, 5.74) is 1.97. The number of aryl methyl sites for hydroxylation is 1. The number of rotatable bonds is 6. The highest BCUT2D eigenvalue weighted by Gasteiger charge is 2.30. The van der Waals surface area contributed by atoms with Crippen molar-refractivity contribution >= 4 is 29.1 Å². The number of thioether (sulfide) groups is 1. The van der Waals surface area contributed by atoms with Crippen molar-refractivity contribution in [2.45, 2.75) is 24.4 Å². The van der Waals surface area contributed by atoms with E-state index in [4.69, 9.17) is 0 Å². The molecule has 1 aliphatic heterocycles. The van der Waals surface area contributed by atoms with E-state index < -0.39 is 12.0 Å². The van der Waals surface area contributed by atoms with Crippen LogP contribution in [-0.2, 0) is 11.3 Å². The third-order valence-corrected chi connectivity index (χ3v) is 6.06. The molecule has 2 aromatic rings. The van der Waals surface area contributed by atoms with Crippen LogP contribution in [-0.4, -0.2) is 58.3 Å². The fraction of sp³-hybridized carbons (Fsp3) is 0.444. The van der Waals surface area contributed by atoms with E-state index in [2.05, 4.69) is 20.2 Å². The minimum atomic E-state index is -0.777. The summed E-state index contributed by atoms with van der Waals surface area (Å²) in [5.74, 6) is -0.777. The fourth-order valence-corrected chi connectivity index (χ4v) is 4.20. The largest absolute Gasteiger partial charge is 0.480 e. The van der Waals surface area contributed by atoms with E-state index in [1.165, 1.54) is 0 Å². The maximum absolute atomic E-state index is 11.9. The van der Waals surface area contributed by atoms with Gasteiger partial charge in [0.1, 0.15) is 6.04 Å². The molecule has 3 rings (SSSR count). The lowest BCUT2D eigenvalue weighted by Gasteiger charge is -2.37. The van der Waals surface area contributed by atoms with Crippen LogP contribution in [0.4, 0.5) is 0 Å². The average molecular weight is 378 g/mol. The summed E-state index contributed by atoms with van der Waals surface area (Å²) in [7, 11) is 0. The molecule has 1 aliphatic rings. The SMILES string of the molecule is CSc1ccc(C(C(=O)O)N2CCN(Cc3csc(C)n3)CC2)cc1. The molecular formula is C18H23N3O2S2. The van der Waals surface area contributed by atoms with Crippen molar-refractivity contribution in [2.75, 3.05) is 32.4 Å². The highest BCUT2D eigenvalue weighted by atomic mass is 32.2. The Morgan fingerprint density at radius 2 is 1.96 bits per heavy atom. The van der Waals surface area contributed by atoms with Crippen LogP contribution >= 0.6 is 23.1 Å². The number of benzene rings is 1. The maximum atomic E-state index is 11.9. The Morgan fingerprint density at radius 1 is 1.28 bits per heavy atom. The summed E-state index contributed by atoms with van der Waals surface area (Å²) >= 11 is 3.34. The lowest BCUT2D eigenvalue weighted by atomic mass is 10.0. The molecule has 1 fully saturated rings. The van der Waals surface area contributed by atoms with Crippen LogP contribution in [0.25, 0.3) is 0 Å². The number of hydrogen-bond acceptors (Lipinski definition) is 6. The van der Waals surface area contributed by atoms with Gasteiger partial charge in [0, 0.05) is 43.0 Å². The van der Waals surface area contributed by atoms with E-state index in [0.29, 0.717) is 0 Å². The van der Waals surface area contributed by atoms with Gasteiger partial charge >= 0.3 is 5.97 Å². The molecule has 0 radical (unpaired) electrons. The summed E-state index contributed by atoms with van der Waals surface area (Å²) in [5, 5.41) is 12.9. The van der Waals surface area contributed by atoms with Crippen molar-refractivity contribution in [1.82, 2.24) is 14.8 Å². The molecular weight excluding hydrogens is 354 g/mol. The summed E-state index contributed by atoms with van der Waals surface area (Å²) in [6.45, 7) is 6.10. The summed E-state index contributed by atoms with van der Waals surface area (Å²) < 4.78 is 0. The lowest BCUT2D eigenvalue weighted by Crippen LogP contribution is -2.48. The molecule has 7 heteroatoms. The third-order valence-electron chi connectivity index (χ3n) is 4.49. The molecule has 5 nitrogen and oxygen atoms in total.